The summed E-state index contributed by atoms with van der Waals surface area (Å²) >= 11 is 0. The van der Waals surface area contributed by atoms with Crippen molar-refractivity contribution in [1.82, 2.24) is 0 Å². The Bertz CT molecular complexity index is 1130. The first-order valence-corrected chi connectivity index (χ1v) is 9.39. The number of anilines is 2. The highest BCUT2D eigenvalue weighted by Crippen LogP contribution is 2.24. The number of halogens is 3. The second kappa shape index (κ2) is 7.73. The van der Waals surface area contributed by atoms with Gasteiger partial charge in [0.2, 0.25) is 0 Å². The van der Waals surface area contributed by atoms with Crippen molar-refractivity contribution in [3.8, 4) is 0 Å². The van der Waals surface area contributed by atoms with E-state index in [2.05, 4.69) is 5.32 Å². The van der Waals surface area contributed by atoms with E-state index in [9.17, 15) is 26.4 Å². The molecule has 0 heterocycles. The number of para-hydroxylation sites is 1. The van der Waals surface area contributed by atoms with Crippen molar-refractivity contribution in [3.05, 3.63) is 89.7 Å². The Morgan fingerprint density at radius 2 is 1.46 bits per heavy atom. The number of hydrogen-bond donors (Lipinski definition) is 2. The molecule has 1 amide bonds. The summed E-state index contributed by atoms with van der Waals surface area (Å²) in [6, 6.07) is 13.2. The Morgan fingerprint density at radius 1 is 0.821 bits per heavy atom. The number of carbonyl (C=O) groups excluding carboxylic acids is 1. The molecule has 28 heavy (non-hydrogen) atoms. The standard InChI is InChI=1S/C19H13F3N2O3S/c20-12-5-3-6-13(11-12)23-19(25)14-7-1-2-10-17(14)24-28(26,27)18-15(21)8-4-9-16(18)22/h1-11,24H,(H,23,25). The summed E-state index contributed by atoms with van der Waals surface area (Å²) in [5.74, 6) is -3.84. The lowest BCUT2D eigenvalue weighted by atomic mass is 10.1. The summed E-state index contributed by atoms with van der Waals surface area (Å²) in [5, 5.41) is 2.43. The normalized spacial score (nSPS) is 11.1. The molecule has 0 fully saturated rings. The maximum Gasteiger partial charge on any atom is 0.267 e. The summed E-state index contributed by atoms with van der Waals surface area (Å²) in [6.07, 6.45) is 0. The monoisotopic (exact) mass is 406 g/mol. The van der Waals surface area contributed by atoms with Crippen molar-refractivity contribution < 1.29 is 26.4 Å². The minimum absolute atomic E-state index is 0.118. The van der Waals surface area contributed by atoms with Crippen LogP contribution >= 0.6 is 0 Å². The van der Waals surface area contributed by atoms with E-state index in [1.54, 1.807) is 0 Å². The molecule has 5 nitrogen and oxygen atoms in total. The Morgan fingerprint density at radius 3 is 2.14 bits per heavy atom. The molecule has 0 spiro atoms. The van der Waals surface area contributed by atoms with Gasteiger partial charge in [0, 0.05) is 5.69 Å². The summed E-state index contributed by atoms with van der Waals surface area (Å²) in [6.45, 7) is 0. The molecule has 0 bridgehead atoms. The highest BCUT2D eigenvalue weighted by molar-refractivity contribution is 7.92. The maximum absolute atomic E-state index is 13.9. The van der Waals surface area contributed by atoms with E-state index < -0.39 is 38.3 Å². The minimum atomic E-state index is -4.65. The highest BCUT2D eigenvalue weighted by atomic mass is 32.2. The number of sulfonamides is 1. The molecule has 144 valence electrons. The van der Waals surface area contributed by atoms with Crippen LogP contribution in [0, 0.1) is 17.5 Å². The van der Waals surface area contributed by atoms with Crippen LogP contribution in [0.25, 0.3) is 0 Å². The van der Waals surface area contributed by atoms with Crippen LogP contribution in [0.3, 0.4) is 0 Å². The number of amides is 1. The van der Waals surface area contributed by atoms with Crippen molar-refractivity contribution in [1.29, 1.82) is 0 Å². The number of nitrogens with one attached hydrogen (secondary N) is 2. The second-order valence-corrected chi connectivity index (χ2v) is 7.29. The van der Waals surface area contributed by atoms with E-state index in [1.165, 1.54) is 42.5 Å². The van der Waals surface area contributed by atoms with Crippen molar-refractivity contribution >= 4 is 27.3 Å². The molecular weight excluding hydrogens is 393 g/mol. The highest BCUT2D eigenvalue weighted by Gasteiger charge is 2.25. The Hall–Kier alpha value is -3.33. The lowest BCUT2D eigenvalue weighted by molar-refractivity contribution is 0.102. The second-order valence-electron chi connectivity index (χ2n) is 5.67. The van der Waals surface area contributed by atoms with Gasteiger partial charge in [-0.1, -0.05) is 24.3 Å². The zero-order chi connectivity index (χ0) is 20.3. The smallest absolute Gasteiger partial charge is 0.267 e. The van der Waals surface area contributed by atoms with Gasteiger partial charge in [-0.05, 0) is 42.5 Å². The van der Waals surface area contributed by atoms with Crippen LogP contribution in [0.4, 0.5) is 24.5 Å². The van der Waals surface area contributed by atoms with E-state index in [1.807, 2.05) is 4.72 Å². The molecule has 3 rings (SSSR count). The van der Waals surface area contributed by atoms with E-state index in [-0.39, 0.29) is 16.9 Å². The molecule has 0 unspecified atom stereocenters. The molecule has 0 aliphatic rings. The first kappa shape index (κ1) is 19.4. The first-order valence-electron chi connectivity index (χ1n) is 7.91. The third-order valence-corrected chi connectivity index (χ3v) is 5.10. The van der Waals surface area contributed by atoms with Crippen LogP contribution in [0.1, 0.15) is 10.4 Å². The van der Waals surface area contributed by atoms with Gasteiger partial charge in [-0.2, -0.15) is 0 Å². The van der Waals surface area contributed by atoms with Gasteiger partial charge >= 0.3 is 0 Å². The third-order valence-electron chi connectivity index (χ3n) is 3.69. The Labute approximate surface area is 158 Å². The Balaban J connectivity index is 1.93. The minimum Gasteiger partial charge on any atom is -0.322 e. The summed E-state index contributed by atoms with van der Waals surface area (Å²) < 4.78 is 67.9. The van der Waals surface area contributed by atoms with Gasteiger partial charge in [0.25, 0.3) is 15.9 Å². The SMILES string of the molecule is O=C(Nc1cccc(F)c1)c1ccccc1NS(=O)(=O)c1c(F)cccc1F. The van der Waals surface area contributed by atoms with E-state index >= 15 is 0 Å². The molecule has 0 aliphatic carbocycles. The summed E-state index contributed by atoms with van der Waals surface area (Å²) in [7, 11) is -4.65. The number of hydrogen-bond acceptors (Lipinski definition) is 3. The molecule has 0 saturated carbocycles. The molecule has 2 N–H and O–H groups in total. The molecule has 0 radical (unpaired) electrons. The maximum atomic E-state index is 13.9. The predicted molar refractivity (Wildman–Crippen MR) is 98.0 cm³/mol. The zero-order valence-electron chi connectivity index (χ0n) is 14.1. The van der Waals surface area contributed by atoms with Crippen LogP contribution in [-0.4, -0.2) is 14.3 Å². The third kappa shape index (κ3) is 4.15. The molecule has 0 saturated heterocycles. The van der Waals surface area contributed by atoms with Gasteiger partial charge in [-0.3, -0.25) is 9.52 Å². The van der Waals surface area contributed by atoms with Crippen LogP contribution in [-0.2, 0) is 10.0 Å². The molecular formula is C19H13F3N2O3S. The van der Waals surface area contributed by atoms with Gasteiger partial charge in [-0.25, -0.2) is 21.6 Å². The fourth-order valence-electron chi connectivity index (χ4n) is 2.47. The van der Waals surface area contributed by atoms with Crippen molar-refractivity contribution in [3.63, 3.8) is 0 Å². The van der Waals surface area contributed by atoms with Crippen LogP contribution in [0.15, 0.2) is 71.6 Å². The average molecular weight is 406 g/mol. The fourth-order valence-corrected chi connectivity index (χ4v) is 3.69. The van der Waals surface area contributed by atoms with Gasteiger partial charge < -0.3 is 5.32 Å². The van der Waals surface area contributed by atoms with E-state index in [0.717, 1.165) is 24.3 Å². The summed E-state index contributed by atoms with van der Waals surface area (Å²) in [5.41, 5.74) is -0.158. The number of rotatable bonds is 5. The zero-order valence-corrected chi connectivity index (χ0v) is 14.9. The lowest BCUT2D eigenvalue weighted by Gasteiger charge is -2.13. The van der Waals surface area contributed by atoms with E-state index in [0.29, 0.717) is 0 Å². The van der Waals surface area contributed by atoms with Gasteiger partial charge in [0.1, 0.15) is 17.5 Å². The number of carbonyl (C=O) groups is 1. The molecule has 9 heteroatoms. The van der Waals surface area contributed by atoms with Crippen LogP contribution in [0.2, 0.25) is 0 Å². The van der Waals surface area contributed by atoms with Crippen LogP contribution in [0.5, 0.6) is 0 Å². The molecule has 3 aromatic carbocycles. The van der Waals surface area contributed by atoms with Crippen molar-refractivity contribution in [2.24, 2.45) is 0 Å². The first-order chi connectivity index (χ1) is 13.3. The van der Waals surface area contributed by atoms with Crippen molar-refractivity contribution in [2.45, 2.75) is 4.90 Å². The van der Waals surface area contributed by atoms with Gasteiger partial charge in [0.15, 0.2) is 4.90 Å². The van der Waals surface area contributed by atoms with Crippen molar-refractivity contribution in [2.75, 3.05) is 10.0 Å². The quantitative estimate of drug-likeness (QED) is 0.668. The van der Waals surface area contributed by atoms with Gasteiger partial charge in [-0.15, -0.1) is 0 Å². The molecule has 0 atom stereocenters. The summed E-state index contributed by atoms with van der Waals surface area (Å²) in [4.78, 5) is 11.3. The largest absolute Gasteiger partial charge is 0.322 e. The molecule has 3 aromatic rings. The predicted octanol–water partition coefficient (Wildman–Crippen LogP) is 4.16. The Kier molecular flexibility index (Phi) is 5.36. The fraction of sp³-hybridized carbons (Fsp3) is 0. The molecule has 0 aromatic heterocycles. The van der Waals surface area contributed by atoms with E-state index in [4.69, 9.17) is 0 Å². The topological polar surface area (TPSA) is 75.3 Å². The van der Waals surface area contributed by atoms with Crippen LogP contribution < -0.4 is 10.0 Å². The molecule has 0 aliphatic heterocycles. The number of benzene rings is 3. The average Bonchev–Trinajstić information content (AvgIpc) is 2.61. The lowest BCUT2D eigenvalue weighted by Crippen LogP contribution is -2.20. The van der Waals surface area contributed by atoms with Gasteiger partial charge in [0.05, 0.1) is 11.3 Å².